The fourth-order valence-corrected chi connectivity index (χ4v) is 17.6. The number of sulfone groups is 1. The number of amides is 4. The van der Waals surface area contributed by atoms with Gasteiger partial charge < -0.3 is 35.8 Å². The number of aromatic nitrogens is 1. The Morgan fingerprint density at radius 3 is 2.11 bits per heavy atom. The number of benzene rings is 5. The van der Waals surface area contributed by atoms with Gasteiger partial charge >= 0.3 is 5.51 Å². The summed E-state index contributed by atoms with van der Waals surface area (Å²) in [5, 5.41) is 20.5. The fourth-order valence-electron chi connectivity index (χ4n) is 13.6. The lowest BCUT2D eigenvalue weighted by molar-refractivity contribution is -0.144. The SMILES string of the molecule is Cc1ncsc1-c1ccc(C(C)NC(=O)C2CC(O)CN2C(=O)C(NC(=O)CCCCCCCCCN(C)CCC(CSc2ccccc2)Nc2ccc(S(=O)(=O)NC(=O)c3ccc(N4CCN(CC5=C(c6ccc(Cl)cc6)CCC(C)(C)C5)CC4)cc3)cc2S(=O)(=O)C(F)(F)F)C(C)(C)C)cc1. The molecule has 2 saturated heterocycles. The molecular formula is C77H99ClF3N9O9S4. The molecule has 1 aliphatic carbocycles. The number of unbranched alkanes of at least 4 members (excludes halogenated alkanes) is 6. The monoisotopic (exact) mass is 1510 g/mol. The van der Waals surface area contributed by atoms with Gasteiger partial charge in [-0.1, -0.05) is 138 Å². The van der Waals surface area contributed by atoms with Gasteiger partial charge in [-0.25, -0.2) is 26.5 Å². The Morgan fingerprint density at radius 1 is 0.816 bits per heavy atom. The van der Waals surface area contributed by atoms with Crippen LogP contribution in [0.25, 0.3) is 16.0 Å². The van der Waals surface area contributed by atoms with E-state index in [-0.39, 0.29) is 48.2 Å². The number of β-amino-alcohol motifs (C(OH)–C–C–N with tert-alkyl or cyclic N) is 1. The minimum atomic E-state index is -6.14. The summed E-state index contributed by atoms with van der Waals surface area (Å²) < 4.78 is 100. The topological polar surface area (TPSA) is 231 Å². The Balaban J connectivity index is 0.725. The molecular weight excluding hydrogens is 1420 g/mol. The van der Waals surface area contributed by atoms with E-state index >= 15 is 0 Å². The average molecular weight is 1520 g/mol. The molecule has 0 saturated carbocycles. The number of carbonyl (C=O) groups excluding carboxylic acids is 4. The molecule has 5 aromatic carbocycles. The van der Waals surface area contributed by atoms with Gasteiger partial charge in [0.05, 0.1) is 38.8 Å². The summed E-state index contributed by atoms with van der Waals surface area (Å²) in [4.78, 5) is 67.3. The van der Waals surface area contributed by atoms with Crippen LogP contribution >= 0.6 is 34.7 Å². The largest absolute Gasteiger partial charge is 0.501 e. The van der Waals surface area contributed by atoms with E-state index in [4.69, 9.17) is 11.6 Å². The maximum absolute atomic E-state index is 14.5. The Labute approximate surface area is 619 Å². The van der Waals surface area contributed by atoms with Crippen molar-refractivity contribution < 1.29 is 54.3 Å². The molecule has 5 atom stereocenters. The summed E-state index contributed by atoms with van der Waals surface area (Å²) in [6.07, 6.45) is 8.81. The molecule has 2 aliphatic heterocycles. The number of aryl methyl sites for hydroxylation is 1. The highest BCUT2D eigenvalue weighted by molar-refractivity contribution is 7.99. The predicted molar refractivity (Wildman–Crippen MR) is 405 cm³/mol. The number of allylic oxidation sites excluding steroid dienone is 1. The zero-order valence-electron chi connectivity index (χ0n) is 60.2. The molecule has 1 aromatic heterocycles. The van der Waals surface area contributed by atoms with Crippen molar-refractivity contribution >= 4 is 95.1 Å². The van der Waals surface area contributed by atoms with Gasteiger partial charge in [-0.3, -0.25) is 24.1 Å². The van der Waals surface area contributed by atoms with Gasteiger partial charge in [0.1, 0.15) is 17.0 Å². The first-order chi connectivity index (χ1) is 48.7. The number of sulfonamides is 1. The minimum absolute atomic E-state index is 0.0265. The third-order valence-corrected chi connectivity index (χ3v) is 24.9. The van der Waals surface area contributed by atoms with Crippen molar-refractivity contribution in [3.05, 3.63) is 160 Å². The summed E-state index contributed by atoms with van der Waals surface area (Å²) >= 11 is 9.21. The first-order valence-electron chi connectivity index (χ1n) is 35.5. The second-order valence-corrected chi connectivity index (χ2v) is 35.4. The predicted octanol–water partition coefficient (Wildman–Crippen LogP) is 14.4. The molecule has 103 heavy (non-hydrogen) atoms. The van der Waals surface area contributed by atoms with Crippen molar-refractivity contribution in [2.24, 2.45) is 10.8 Å². The smallest absolute Gasteiger partial charge is 0.391 e. The van der Waals surface area contributed by atoms with Crippen molar-refractivity contribution in [1.82, 2.24) is 35.0 Å². The molecule has 2 fully saturated rings. The Morgan fingerprint density at radius 2 is 1.47 bits per heavy atom. The van der Waals surface area contributed by atoms with Gasteiger partial charge in [0.2, 0.25) is 17.7 Å². The quantitative estimate of drug-likeness (QED) is 0.0195. The first-order valence-corrected chi connectivity index (χ1v) is 40.7. The van der Waals surface area contributed by atoms with Crippen LogP contribution in [0.2, 0.25) is 5.02 Å². The van der Waals surface area contributed by atoms with E-state index in [1.165, 1.54) is 45.5 Å². The van der Waals surface area contributed by atoms with E-state index in [0.717, 1.165) is 122 Å². The number of piperazine rings is 1. The maximum atomic E-state index is 14.5. The number of aliphatic hydroxyl groups is 1. The van der Waals surface area contributed by atoms with E-state index in [1.807, 2.05) is 113 Å². The summed E-state index contributed by atoms with van der Waals surface area (Å²) in [6, 6.07) is 31.3. The lowest BCUT2D eigenvalue weighted by Gasteiger charge is -2.39. The third kappa shape index (κ3) is 22.1. The van der Waals surface area contributed by atoms with Crippen molar-refractivity contribution in [3.63, 3.8) is 0 Å². The number of thiazole rings is 1. The number of rotatable bonds is 32. The molecule has 0 bridgehead atoms. The zero-order valence-corrected chi connectivity index (χ0v) is 64.2. The van der Waals surface area contributed by atoms with Gasteiger partial charge in [-0.05, 0) is 172 Å². The van der Waals surface area contributed by atoms with E-state index < -0.39 is 82.3 Å². The van der Waals surface area contributed by atoms with Crippen LogP contribution in [0.15, 0.2) is 147 Å². The van der Waals surface area contributed by atoms with Crippen molar-refractivity contribution in [2.45, 2.75) is 182 Å². The van der Waals surface area contributed by atoms with Crippen LogP contribution in [0.3, 0.4) is 0 Å². The molecule has 0 spiro atoms. The van der Waals surface area contributed by atoms with Crippen LogP contribution in [-0.2, 0) is 34.2 Å². The highest BCUT2D eigenvalue weighted by Crippen LogP contribution is 2.44. The van der Waals surface area contributed by atoms with Gasteiger partial charge in [-0.2, -0.15) is 13.2 Å². The number of alkyl halides is 3. The van der Waals surface area contributed by atoms with Crippen molar-refractivity contribution in [3.8, 4) is 10.4 Å². The van der Waals surface area contributed by atoms with Gasteiger partial charge in [0.15, 0.2) is 0 Å². The van der Waals surface area contributed by atoms with E-state index in [0.29, 0.717) is 55.9 Å². The van der Waals surface area contributed by atoms with Crippen LogP contribution < -0.4 is 25.6 Å². The molecule has 5 N–H and O–H groups in total. The molecule has 558 valence electrons. The van der Waals surface area contributed by atoms with Crippen LogP contribution in [-0.4, -0.2) is 160 Å². The Bertz CT molecular complexity index is 4130. The summed E-state index contributed by atoms with van der Waals surface area (Å²) in [6.45, 7) is 19.1. The molecule has 3 heterocycles. The number of hydrogen-bond acceptors (Lipinski definition) is 16. The summed E-state index contributed by atoms with van der Waals surface area (Å²) in [5.41, 5.74) is 2.74. The van der Waals surface area contributed by atoms with Crippen LogP contribution in [0.5, 0.6) is 0 Å². The highest BCUT2D eigenvalue weighted by Gasteiger charge is 2.49. The maximum Gasteiger partial charge on any atom is 0.501 e. The second-order valence-electron chi connectivity index (χ2n) is 29.4. The lowest BCUT2D eigenvalue weighted by Crippen LogP contribution is -2.57. The number of nitrogens with zero attached hydrogens (tertiary/aromatic N) is 5. The fraction of sp³-hybridized carbons (Fsp3) is 0.494. The van der Waals surface area contributed by atoms with Crippen molar-refractivity contribution in [1.29, 1.82) is 0 Å². The number of carbonyl (C=O) groups is 4. The van der Waals surface area contributed by atoms with Gasteiger partial charge in [0.25, 0.3) is 25.8 Å². The minimum Gasteiger partial charge on any atom is -0.391 e. The number of likely N-dealkylation sites (tertiary alicyclic amines) is 1. The van der Waals surface area contributed by atoms with Crippen LogP contribution in [0, 0.1) is 17.8 Å². The first kappa shape index (κ1) is 80.3. The molecule has 5 unspecified atom stereocenters. The number of anilines is 2. The number of thioether (sulfide) groups is 1. The zero-order chi connectivity index (χ0) is 74.4. The number of nitrogens with one attached hydrogen (secondary N) is 4. The van der Waals surface area contributed by atoms with Crippen LogP contribution in [0.1, 0.15) is 158 Å². The second kappa shape index (κ2) is 35.5. The highest BCUT2D eigenvalue weighted by atomic mass is 35.5. The molecule has 18 nitrogen and oxygen atoms in total. The number of halogens is 4. The standard InChI is InChI=1S/C77H99ClF3N9O9S4/c1-52(54-22-24-56(25-23-54)70-53(2)82-51-101-70)83-73(94)67-45-62(91)49-90(67)74(95)71(75(3,4)5)85-69(92)21-17-12-10-9-11-13-18-39-87(8)40-37-60(50-100-63-19-15-14-16-20-63)84-66-35-34-64(46-68(66)102(96,97)77(79,80)81)103(98,99)86-72(93)57-28-32-61(33-29-57)89-43-41-88(42-44-89)48-58-47-76(6,7)38-36-65(58)55-26-30-59(78)31-27-55/h14-16,19-20,22-35,46,51-52,60,62,67,71,84,91H,9-13,17-18,21,36-45,47-50H2,1-8H3,(H,83,94)(H,85,92)(H,86,93). The van der Waals surface area contributed by atoms with Gasteiger partial charge in [-0.15, -0.1) is 23.1 Å². The molecule has 3 aliphatic rings. The normalized spacial score (nSPS) is 17.8. The molecule has 6 aromatic rings. The number of hydrogen-bond donors (Lipinski definition) is 5. The molecule has 9 rings (SSSR count). The molecule has 0 radical (unpaired) electrons. The van der Waals surface area contributed by atoms with Crippen LogP contribution in [0.4, 0.5) is 24.5 Å². The van der Waals surface area contributed by atoms with E-state index in [9.17, 15) is 54.3 Å². The summed E-state index contributed by atoms with van der Waals surface area (Å²) in [5.74, 6) is -1.81. The Hall–Kier alpha value is -6.84. The summed E-state index contributed by atoms with van der Waals surface area (Å²) in [7, 11) is -9.13. The third-order valence-electron chi connectivity index (χ3n) is 19.6. The van der Waals surface area contributed by atoms with E-state index in [1.54, 1.807) is 29.0 Å². The van der Waals surface area contributed by atoms with Crippen molar-refractivity contribution in [2.75, 3.05) is 75.4 Å². The average Bonchev–Trinajstić information content (AvgIpc) is 1.36. The van der Waals surface area contributed by atoms with Gasteiger partial charge in [0, 0.05) is 85.1 Å². The molecule has 4 amide bonds. The lowest BCUT2D eigenvalue weighted by atomic mass is 9.73. The number of aliphatic hydroxyl groups excluding tert-OH is 1. The van der Waals surface area contributed by atoms with E-state index in [2.05, 4.69) is 61.6 Å². The molecule has 26 heteroatoms. The Kier molecular flexibility index (Phi) is 27.7.